The number of rotatable bonds is 3. The van der Waals surface area contributed by atoms with E-state index in [1.54, 1.807) is 11.3 Å². The third kappa shape index (κ3) is 3.39. The second kappa shape index (κ2) is 7.49. The number of anilines is 1. The Balaban J connectivity index is 1.51. The molecule has 0 atom stereocenters. The van der Waals surface area contributed by atoms with E-state index < -0.39 is 0 Å². The molecule has 4 aromatic rings. The molecule has 0 bridgehead atoms. The minimum atomic E-state index is 0.518. The first kappa shape index (κ1) is 17.0. The number of hydrogen-bond donors (Lipinski definition) is 1. The van der Waals surface area contributed by atoms with Crippen LogP contribution in [0.4, 0.5) is 5.82 Å². The molecule has 1 fully saturated rings. The Bertz CT molecular complexity index is 1160. The summed E-state index contributed by atoms with van der Waals surface area (Å²) in [6.07, 6.45) is 10.6. The van der Waals surface area contributed by atoms with Gasteiger partial charge < -0.3 is 5.32 Å². The van der Waals surface area contributed by atoms with E-state index in [2.05, 4.69) is 38.0 Å². The summed E-state index contributed by atoms with van der Waals surface area (Å²) in [5.74, 6) is 7.57. The molecule has 0 unspecified atom stereocenters. The van der Waals surface area contributed by atoms with E-state index in [4.69, 9.17) is 4.98 Å². The summed E-state index contributed by atoms with van der Waals surface area (Å²) in [6, 6.07) is 12.7. The maximum Gasteiger partial charge on any atom is 0.157 e. The lowest BCUT2D eigenvalue weighted by Gasteiger charge is -2.14. The molecule has 138 valence electrons. The highest BCUT2D eigenvalue weighted by Crippen LogP contribution is 2.35. The van der Waals surface area contributed by atoms with Crippen molar-refractivity contribution in [1.82, 2.24) is 14.4 Å². The van der Waals surface area contributed by atoms with Gasteiger partial charge in [-0.05, 0) is 31.0 Å². The number of fused-ring (bicyclic) bond motifs is 1. The highest BCUT2D eigenvalue weighted by Gasteiger charge is 2.21. The maximum atomic E-state index is 4.86. The molecule has 3 heterocycles. The lowest BCUT2D eigenvalue weighted by atomic mass is 10.2. The topological polar surface area (TPSA) is 42.2 Å². The van der Waals surface area contributed by atoms with Crippen molar-refractivity contribution >= 4 is 22.8 Å². The summed E-state index contributed by atoms with van der Waals surface area (Å²) in [6.45, 7) is 0. The van der Waals surface area contributed by atoms with Crippen LogP contribution in [0.3, 0.4) is 0 Å². The molecule has 1 N–H and O–H groups in total. The van der Waals surface area contributed by atoms with E-state index in [1.807, 2.05) is 48.9 Å². The molecule has 1 saturated carbocycles. The van der Waals surface area contributed by atoms with Crippen LogP contribution >= 0.6 is 11.3 Å². The Morgan fingerprint density at radius 3 is 2.75 bits per heavy atom. The Morgan fingerprint density at radius 2 is 1.89 bits per heavy atom. The first-order valence-electron chi connectivity index (χ1n) is 9.61. The number of thiophene rings is 1. The second-order valence-corrected chi connectivity index (χ2v) is 7.97. The summed E-state index contributed by atoms with van der Waals surface area (Å²) < 4.78 is 2.11. The van der Waals surface area contributed by atoms with Crippen LogP contribution in [0, 0.1) is 11.8 Å². The zero-order valence-corrected chi connectivity index (χ0v) is 16.2. The van der Waals surface area contributed by atoms with Crippen molar-refractivity contribution in [2.24, 2.45) is 0 Å². The van der Waals surface area contributed by atoms with Crippen molar-refractivity contribution in [2.45, 2.75) is 31.7 Å². The van der Waals surface area contributed by atoms with Crippen LogP contribution in [-0.4, -0.2) is 20.4 Å². The van der Waals surface area contributed by atoms with Crippen molar-refractivity contribution in [3.8, 4) is 22.4 Å². The average Bonchev–Trinajstić information content (AvgIpc) is 3.48. The molecule has 5 heteroatoms. The molecule has 3 aromatic heterocycles. The molecule has 0 amide bonds. The number of imidazole rings is 1. The number of benzene rings is 1. The Labute approximate surface area is 168 Å². The van der Waals surface area contributed by atoms with Crippen molar-refractivity contribution in [3.05, 3.63) is 71.5 Å². The summed E-state index contributed by atoms with van der Waals surface area (Å²) in [4.78, 5) is 10.2. The SMILES string of the molecule is C(#Cc1csc(-c2nc3cnccn3c2NC2CCCC2)c1)c1ccccc1. The van der Waals surface area contributed by atoms with Crippen molar-refractivity contribution < 1.29 is 0 Å². The Hall–Kier alpha value is -3.10. The molecule has 5 rings (SSSR count). The van der Waals surface area contributed by atoms with Crippen LogP contribution in [0.25, 0.3) is 16.2 Å². The summed E-state index contributed by atoms with van der Waals surface area (Å²) in [7, 11) is 0. The lowest BCUT2D eigenvalue weighted by molar-refractivity contribution is 0.749. The maximum absolute atomic E-state index is 4.86. The van der Waals surface area contributed by atoms with E-state index in [1.165, 1.54) is 25.7 Å². The van der Waals surface area contributed by atoms with Gasteiger partial charge >= 0.3 is 0 Å². The lowest BCUT2D eigenvalue weighted by Crippen LogP contribution is -2.16. The van der Waals surface area contributed by atoms with Gasteiger partial charge in [-0.3, -0.25) is 9.38 Å². The molecule has 1 aromatic carbocycles. The molecule has 1 aliphatic rings. The van der Waals surface area contributed by atoms with Crippen molar-refractivity contribution in [2.75, 3.05) is 5.32 Å². The predicted octanol–water partition coefficient (Wildman–Crippen LogP) is 5.21. The fourth-order valence-electron chi connectivity index (χ4n) is 3.67. The molecule has 0 spiro atoms. The largest absolute Gasteiger partial charge is 0.367 e. The third-order valence-electron chi connectivity index (χ3n) is 5.08. The van der Waals surface area contributed by atoms with Crippen molar-refractivity contribution in [1.29, 1.82) is 0 Å². The third-order valence-corrected chi connectivity index (χ3v) is 6.02. The Morgan fingerprint density at radius 1 is 1.07 bits per heavy atom. The standard InChI is InChI=1S/C23H20N4S/c1-2-6-17(7-3-1)10-11-18-14-20(28-16-18)22-23(25-19-8-4-5-9-19)27-13-12-24-15-21(27)26-22/h1-3,6-7,12-16,19,25H,4-5,8-9H2. The van der Waals surface area contributed by atoms with E-state index in [0.717, 1.165) is 33.2 Å². The molecule has 28 heavy (non-hydrogen) atoms. The Kier molecular flexibility index (Phi) is 4.56. The highest BCUT2D eigenvalue weighted by atomic mass is 32.1. The zero-order chi connectivity index (χ0) is 18.8. The second-order valence-electron chi connectivity index (χ2n) is 7.05. The molecule has 1 aliphatic carbocycles. The molecule has 0 aliphatic heterocycles. The molecule has 4 nitrogen and oxygen atoms in total. The smallest absolute Gasteiger partial charge is 0.157 e. The zero-order valence-electron chi connectivity index (χ0n) is 15.4. The monoisotopic (exact) mass is 384 g/mol. The van der Waals surface area contributed by atoms with Crippen LogP contribution in [0.5, 0.6) is 0 Å². The minimum Gasteiger partial charge on any atom is -0.367 e. The number of nitrogens with one attached hydrogen (secondary N) is 1. The number of nitrogens with zero attached hydrogens (tertiary/aromatic N) is 3. The normalized spacial score (nSPS) is 14.1. The van der Waals surface area contributed by atoms with Gasteiger partial charge in [-0.1, -0.05) is 42.9 Å². The van der Waals surface area contributed by atoms with Gasteiger partial charge in [-0.2, -0.15) is 0 Å². The van der Waals surface area contributed by atoms with Crippen LogP contribution in [0.1, 0.15) is 36.8 Å². The number of aromatic nitrogens is 3. The predicted molar refractivity (Wildman–Crippen MR) is 115 cm³/mol. The van der Waals surface area contributed by atoms with Gasteiger partial charge in [0.1, 0.15) is 11.5 Å². The van der Waals surface area contributed by atoms with Crippen LogP contribution < -0.4 is 5.32 Å². The van der Waals surface area contributed by atoms with Crippen molar-refractivity contribution in [3.63, 3.8) is 0 Å². The van der Waals surface area contributed by atoms with Gasteiger partial charge in [-0.15, -0.1) is 11.3 Å². The number of hydrogen-bond acceptors (Lipinski definition) is 4. The molecular weight excluding hydrogens is 364 g/mol. The first-order valence-corrected chi connectivity index (χ1v) is 10.5. The van der Waals surface area contributed by atoms with E-state index in [0.29, 0.717) is 6.04 Å². The van der Waals surface area contributed by atoms with Gasteiger partial charge in [0.25, 0.3) is 0 Å². The van der Waals surface area contributed by atoms with E-state index in [-0.39, 0.29) is 0 Å². The van der Waals surface area contributed by atoms with Crippen LogP contribution in [-0.2, 0) is 0 Å². The fourth-order valence-corrected chi connectivity index (χ4v) is 4.50. The fraction of sp³-hybridized carbons (Fsp3) is 0.217. The van der Waals surface area contributed by atoms with Gasteiger partial charge in [0.05, 0.1) is 11.1 Å². The average molecular weight is 385 g/mol. The summed E-state index contributed by atoms with van der Waals surface area (Å²) in [5, 5.41) is 5.85. The summed E-state index contributed by atoms with van der Waals surface area (Å²) in [5.41, 5.74) is 3.89. The highest BCUT2D eigenvalue weighted by molar-refractivity contribution is 7.13. The quantitative estimate of drug-likeness (QED) is 0.493. The van der Waals surface area contributed by atoms with Gasteiger partial charge in [0.2, 0.25) is 0 Å². The van der Waals surface area contributed by atoms with Gasteiger partial charge in [-0.25, -0.2) is 4.98 Å². The molecule has 0 radical (unpaired) electrons. The summed E-state index contributed by atoms with van der Waals surface area (Å²) >= 11 is 1.69. The molecule has 0 saturated heterocycles. The van der Waals surface area contributed by atoms with Crippen LogP contribution in [0.2, 0.25) is 0 Å². The first-order chi connectivity index (χ1) is 13.9. The minimum absolute atomic E-state index is 0.518. The van der Waals surface area contributed by atoms with Gasteiger partial charge in [0.15, 0.2) is 5.65 Å². The van der Waals surface area contributed by atoms with E-state index >= 15 is 0 Å². The molecular formula is C23H20N4S. The van der Waals surface area contributed by atoms with Gasteiger partial charge in [0, 0.05) is 34.9 Å². The van der Waals surface area contributed by atoms with E-state index in [9.17, 15) is 0 Å². The van der Waals surface area contributed by atoms with Crippen LogP contribution in [0.15, 0.2) is 60.4 Å².